The van der Waals surface area contributed by atoms with Crippen molar-refractivity contribution in [1.29, 1.82) is 0 Å². The molecule has 0 unspecified atom stereocenters. The topological polar surface area (TPSA) is 18.5 Å². The second-order valence-electron chi connectivity index (χ2n) is 24.4. The Kier molecular flexibility index (Phi) is 29.7. The van der Waals surface area contributed by atoms with Crippen LogP contribution in [-0.4, -0.2) is 42.1 Å². The van der Waals surface area contributed by atoms with Crippen LogP contribution in [0.3, 0.4) is 0 Å². The van der Waals surface area contributed by atoms with Crippen LogP contribution in [0.1, 0.15) is 175 Å². The zero-order chi connectivity index (χ0) is 65.0. The quantitative estimate of drug-likeness (QED) is 0.0355. The van der Waals surface area contributed by atoms with Crippen LogP contribution < -0.4 is 26.3 Å². The van der Waals surface area contributed by atoms with Crippen molar-refractivity contribution in [2.75, 3.05) is 32.7 Å². The molecule has 0 radical (unpaired) electrons. The molecule has 0 bridgehead atoms. The van der Waals surface area contributed by atoms with Gasteiger partial charge in [0.2, 0.25) is 0 Å². The second-order valence-corrected chi connectivity index (χ2v) is 36.1. The predicted octanol–water partition coefficient (Wildman–Crippen LogP) is 22.7. The maximum Gasteiger partial charge on any atom is 0.132 e. The van der Waals surface area contributed by atoms with Crippen molar-refractivity contribution >= 4 is 73.0 Å². The highest BCUT2D eigenvalue weighted by molar-refractivity contribution is 14.2. The first-order chi connectivity index (χ1) is 43.3. The fraction of sp³-hybridized carbons (Fsp3) is 0.385. The summed E-state index contributed by atoms with van der Waals surface area (Å²) in [7, 11) is -2.50. The first kappa shape index (κ1) is 73.2. The maximum absolute atomic E-state index is 15.8. The summed E-state index contributed by atoms with van der Waals surface area (Å²) in [5, 5.41) is 6.41. The molecule has 0 saturated carbocycles. The Labute approximate surface area is 557 Å². The number of halogens is 5. The minimum absolute atomic E-state index is 0.236. The summed E-state index contributed by atoms with van der Waals surface area (Å²) in [6, 6.07) is 55.4. The predicted molar refractivity (Wildman–Crippen MR) is 397 cm³/mol. The van der Waals surface area contributed by atoms with Crippen molar-refractivity contribution in [3.05, 3.63) is 260 Å². The highest BCUT2D eigenvalue weighted by atomic mass is 127. The molecule has 1 N–H and O–H groups in total. The molecular weight excluding hydrogens is 1310 g/mol. The van der Waals surface area contributed by atoms with Crippen LogP contribution in [0.5, 0.6) is 0 Å². The van der Waals surface area contributed by atoms with E-state index in [2.05, 4.69) is 199 Å². The van der Waals surface area contributed by atoms with Gasteiger partial charge in [0, 0.05) is 64.0 Å². The first-order valence-corrected chi connectivity index (χ1v) is 41.0. The molecule has 0 aromatic heterocycles. The van der Waals surface area contributed by atoms with E-state index in [0.29, 0.717) is 43.9 Å². The summed E-state index contributed by atoms with van der Waals surface area (Å²) < 4.78 is 61.2. The summed E-state index contributed by atoms with van der Waals surface area (Å²) >= 11 is 2.11. The lowest BCUT2D eigenvalue weighted by Gasteiger charge is -2.42. The van der Waals surface area contributed by atoms with Crippen molar-refractivity contribution in [3.63, 3.8) is 0 Å². The van der Waals surface area contributed by atoms with Crippen molar-refractivity contribution in [2.45, 2.75) is 164 Å². The molecule has 4 atom stereocenters. The largest absolute Gasteiger partial charge is 0.304 e. The first-order valence-electron chi connectivity index (χ1n) is 32.7. The number of hydrogen-bond acceptors (Lipinski definition) is 3. The third-order valence-electron chi connectivity index (χ3n) is 16.9. The summed E-state index contributed by atoms with van der Waals surface area (Å²) in [6.07, 6.45) is 9.33. The van der Waals surface area contributed by atoms with E-state index < -0.39 is 21.7 Å². The van der Waals surface area contributed by atoms with Gasteiger partial charge in [0.05, 0.1) is 0 Å². The molecule has 8 aromatic carbocycles. The van der Waals surface area contributed by atoms with Gasteiger partial charge in [-0.25, -0.2) is 17.6 Å². The van der Waals surface area contributed by atoms with Gasteiger partial charge in [0.15, 0.2) is 0 Å². The van der Waals surface area contributed by atoms with Crippen LogP contribution >= 0.6 is 51.8 Å². The summed E-state index contributed by atoms with van der Waals surface area (Å²) in [5.41, 5.74) is 17.6. The minimum Gasteiger partial charge on any atom is -0.304 e. The molecule has 3 nitrogen and oxygen atoms in total. The Morgan fingerprint density at radius 3 is 0.989 bits per heavy atom. The van der Waals surface area contributed by atoms with Gasteiger partial charge in [-0.2, -0.15) is 0 Å². The van der Waals surface area contributed by atoms with E-state index in [9.17, 15) is 8.78 Å². The fourth-order valence-electron chi connectivity index (χ4n) is 12.9. The molecule has 8 aromatic rings. The number of nitrogens with zero attached hydrogens (tertiary/aromatic N) is 2. The molecule has 90 heavy (non-hydrogen) atoms. The molecule has 2 heterocycles. The Balaban J connectivity index is 0.000000199. The average Bonchev–Trinajstić information content (AvgIpc) is 1.90. The number of unbranched alkanes of at least 4 members (excludes halogenated alkanes) is 2. The highest BCUT2D eigenvalue weighted by Gasteiger charge is 2.45. The average molecular weight is 1400 g/mol. The van der Waals surface area contributed by atoms with Crippen LogP contribution in [0.15, 0.2) is 170 Å². The zero-order valence-corrected chi connectivity index (χ0v) is 61.5. The number of hydrogen-bond donors (Lipinski definition) is 1. The Morgan fingerprint density at radius 1 is 0.411 bits per heavy atom. The van der Waals surface area contributed by atoms with E-state index in [4.69, 9.17) is 0 Å². The summed E-state index contributed by atoms with van der Waals surface area (Å²) in [4.78, 5) is 2.38. The Morgan fingerprint density at radius 2 is 0.700 bits per heavy atom. The van der Waals surface area contributed by atoms with E-state index in [-0.39, 0.29) is 31.3 Å². The monoisotopic (exact) mass is 1400 g/mol. The van der Waals surface area contributed by atoms with E-state index in [1.54, 1.807) is 59.7 Å². The molecule has 2 saturated heterocycles. The Bertz CT molecular complexity index is 3250. The summed E-state index contributed by atoms with van der Waals surface area (Å²) in [6.45, 7) is 34.2. The van der Waals surface area contributed by atoms with Gasteiger partial charge in [0.25, 0.3) is 0 Å². The minimum atomic E-state index is -1.43. The third kappa shape index (κ3) is 20.2. The van der Waals surface area contributed by atoms with E-state index >= 15 is 8.78 Å². The van der Waals surface area contributed by atoms with Gasteiger partial charge in [-0.1, -0.05) is 225 Å². The van der Waals surface area contributed by atoms with Crippen LogP contribution in [0.25, 0.3) is 0 Å². The van der Waals surface area contributed by atoms with Crippen LogP contribution in [0.2, 0.25) is 0 Å². The molecule has 2 aliphatic rings. The number of rotatable bonds is 20. The number of aryl methyl sites for hydroxylation is 8. The van der Waals surface area contributed by atoms with Crippen LogP contribution in [0, 0.1) is 78.7 Å². The Hall–Kier alpha value is -4.19. The molecule has 12 heteroatoms. The molecule has 480 valence electrons. The summed E-state index contributed by atoms with van der Waals surface area (Å²) in [5.74, 6) is -1.04. The van der Waals surface area contributed by atoms with Gasteiger partial charge >= 0.3 is 0 Å². The lowest BCUT2D eigenvalue weighted by Crippen LogP contribution is -2.30. The van der Waals surface area contributed by atoms with Crippen molar-refractivity contribution < 1.29 is 17.6 Å². The number of benzene rings is 8. The molecule has 0 spiro atoms. The van der Waals surface area contributed by atoms with Gasteiger partial charge in [-0.3, -0.25) is 9.53 Å². The molecule has 2 aliphatic heterocycles. The van der Waals surface area contributed by atoms with Crippen LogP contribution in [-0.2, 0) is 0 Å². The molecular formula is C78H98F4IN3P4. The smallest absolute Gasteiger partial charge is 0.132 e. The van der Waals surface area contributed by atoms with E-state index in [1.165, 1.54) is 125 Å². The van der Waals surface area contributed by atoms with Gasteiger partial charge in [-0.05, 0) is 217 Å². The van der Waals surface area contributed by atoms with E-state index in [0.717, 1.165) is 38.8 Å². The van der Waals surface area contributed by atoms with Gasteiger partial charge < -0.3 is 4.90 Å². The van der Waals surface area contributed by atoms with Crippen molar-refractivity contribution in [1.82, 2.24) is 14.4 Å². The second kappa shape index (κ2) is 36.5. The highest BCUT2D eigenvalue weighted by Crippen LogP contribution is 2.76. The lowest BCUT2D eigenvalue weighted by atomic mass is 9.99. The van der Waals surface area contributed by atoms with Crippen molar-refractivity contribution in [3.8, 4) is 0 Å². The maximum atomic E-state index is 15.8. The lowest BCUT2D eigenvalue weighted by molar-refractivity contribution is 0.321. The number of nitrogens with one attached hydrogen (secondary N) is 1. The van der Waals surface area contributed by atoms with Crippen molar-refractivity contribution in [2.24, 2.45) is 0 Å². The molecule has 2 fully saturated rings. The zero-order valence-electron chi connectivity index (χ0n) is 55.7. The molecule has 0 amide bonds. The SMILES string of the molecule is CCCCN(P(c1ccccc1F)c1ccccc1F)P1[C@H](c2cc(C)cc(C)c2)CC[C@H]1c1cc(C)cc(C)c1.CCCCNP1[C@H](c2cc(C)cc(C)c2)CC[C@H]1c1cc(C)cc(C)c1.CCN(CC)CC.Fc1ccccc1P(I)c1ccccc1F. The van der Waals surface area contributed by atoms with Gasteiger partial charge in [-0.15, -0.1) is 0 Å². The molecule has 10 rings (SSSR count). The van der Waals surface area contributed by atoms with Gasteiger partial charge in [0.1, 0.15) is 23.3 Å². The standard InChI is InChI=1S/C36H41F2NP2.C24H34NP.C12H8F2IP.C6H15N/c1-6-7-18-39(41(35-14-10-8-12-31(35)37)36-15-11-9-13-32(36)38)40-33(29-21-25(2)19-26(3)22-29)16-17-34(40)30-23-27(4)20-28(5)24-30;1-6-7-10-25-26-23(21-13-17(2)11-18(3)14-21)8-9-24(26)22-15-19(4)12-20(5)16-22;13-9-5-1-3-7-11(9)16(15)12-8-4-2-6-10(12)14;1-4-7(5-2)6-3/h8-15,19-24,33-34H,6-7,16-18H2,1-5H3;11-16,23-25H,6-10H2,1-5H3;1-8H;4-6H2,1-3H3/t33-,34-;23-,24-;;/m00../s1. The fourth-order valence-corrected chi connectivity index (χ4v) is 27.0. The van der Waals surface area contributed by atoms with Crippen LogP contribution in [0.4, 0.5) is 17.6 Å². The van der Waals surface area contributed by atoms with E-state index in [1.807, 2.05) is 24.3 Å². The third-order valence-corrected chi connectivity index (χ3v) is 31.2. The molecule has 0 aliphatic carbocycles. The normalized spacial score (nSPS) is 16.7.